The molecule has 0 atom stereocenters. The maximum Gasteiger partial charge on any atom is 0.259 e. The predicted octanol–water partition coefficient (Wildman–Crippen LogP) is 5.37. The lowest BCUT2D eigenvalue weighted by molar-refractivity contribution is 0.102. The highest BCUT2D eigenvalue weighted by atomic mass is 16.5. The number of benzene rings is 3. The first-order valence-corrected chi connectivity index (χ1v) is 8.98. The van der Waals surface area contributed by atoms with E-state index >= 15 is 0 Å². The molecule has 1 aromatic heterocycles. The number of nitrogens with one attached hydrogen (secondary N) is 1. The Balaban J connectivity index is 1.65. The Morgan fingerprint density at radius 2 is 1.79 bits per heavy atom. The van der Waals surface area contributed by atoms with E-state index in [4.69, 9.17) is 9.15 Å². The van der Waals surface area contributed by atoms with E-state index in [1.54, 1.807) is 25.3 Å². The SMILES string of the molecule is COc1c(C)cccc1C(=O)Nc1ccc2oc(-c3ccccc3C)nc2c1. The van der Waals surface area contributed by atoms with Gasteiger partial charge in [0.2, 0.25) is 5.89 Å². The minimum Gasteiger partial charge on any atom is -0.496 e. The van der Waals surface area contributed by atoms with Gasteiger partial charge in [0.1, 0.15) is 11.3 Å². The van der Waals surface area contributed by atoms with Crippen LogP contribution in [-0.2, 0) is 0 Å². The lowest BCUT2D eigenvalue weighted by atomic mass is 10.1. The average Bonchev–Trinajstić information content (AvgIpc) is 3.11. The largest absolute Gasteiger partial charge is 0.496 e. The molecule has 5 heteroatoms. The number of hydrogen-bond donors (Lipinski definition) is 1. The minimum atomic E-state index is -0.234. The van der Waals surface area contributed by atoms with Crippen molar-refractivity contribution in [1.29, 1.82) is 0 Å². The van der Waals surface area contributed by atoms with Crippen molar-refractivity contribution in [2.24, 2.45) is 0 Å². The van der Waals surface area contributed by atoms with Crippen LogP contribution >= 0.6 is 0 Å². The number of amides is 1. The molecule has 0 aliphatic rings. The van der Waals surface area contributed by atoms with Gasteiger partial charge in [-0.1, -0.05) is 30.3 Å². The maximum atomic E-state index is 12.7. The van der Waals surface area contributed by atoms with Crippen LogP contribution in [-0.4, -0.2) is 18.0 Å². The number of para-hydroxylation sites is 1. The van der Waals surface area contributed by atoms with Gasteiger partial charge in [-0.25, -0.2) is 4.98 Å². The van der Waals surface area contributed by atoms with Crippen molar-refractivity contribution in [1.82, 2.24) is 4.98 Å². The van der Waals surface area contributed by atoms with E-state index in [0.717, 1.165) is 16.7 Å². The van der Waals surface area contributed by atoms with Crippen LogP contribution in [0, 0.1) is 13.8 Å². The molecule has 1 heterocycles. The van der Waals surface area contributed by atoms with Crippen LogP contribution in [0.15, 0.2) is 65.1 Å². The van der Waals surface area contributed by atoms with Crippen molar-refractivity contribution >= 4 is 22.7 Å². The summed E-state index contributed by atoms with van der Waals surface area (Å²) in [6.07, 6.45) is 0. The second-order valence-corrected chi connectivity index (χ2v) is 6.63. The number of hydrogen-bond acceptors (Lipinski definition) is 4. The molecule has 1 N–H and O–H groups in total. The summed E-state index contributed by atoms with van der Waals surface area (Å²) in [6.45, 7) is 3.93. The predicted molar refractivity (Wildman–Crippen MR) is 110 cm³/mol. The summed E-state index contributed by atoms with van der Waals surface area (Å²) in [5, 5.41) is 2.91. The van der Waals surface area contributed by atoms with E-state index in [1.165, 1.54) is 0 Å². The number of carbonyl (C=O) groups excluding carboxylic acids is 1. The molecule has 0 spiro atoms. The molecular formula is C23H20N2O3. The number of aromatic nitrogens is 1. The van der Waals surface area contributed by atoms with Crippen LogP contribution in [0.1, 0.15) is 21.5 Å². The van der Waals surface area contributed by atoms with Crippen LogP contribution in [0.25, 0.3) is 22.6 Å². The standard InChI is InChI=1S/C23H20N2O3/c1-14-7-4-5-9-17(14)23-25-19-13-16(11-12-20(19)28-23)24-22(26)18-10-6-8-15(2)21(18)27-3/h4-13H,1-3H3,(H,24,26). The van der Waals surface area contributed by atoms with Gasteiger partial charge in [0.05, 0.1) is 12.7 Å². The third-order valence-corrected chi connectivity index (χ3v) is 4.68. The molecule has 0 aliphatic heterocycles. The fourth-order valence-corrected chi connectivity index (χ4v) is 3.23. The van der Waals surface area contributed by atoms with E-state index in [2.05, 4.69) is 10.3 Å². The molecule has 0 saturated carbocycles. The third-order valence-electron chi connectivity index (χ3n) is 4.68. The molecule has 140 valence electrons. The highest BCUT2D eigenvalue weighted by Crippen LogP contribution is 2.29. The second-order valence-electron chi connectivity index (χ2n) is 6.63. The molecule has 4 aromatic rings. The molecule has 3 aromatic carbocycles. The molecule has 0 fully saturated rings. The summed E-state index contributed by atoms with van der Waals surface area (Å²) in [5.74, 6) is 0.906. The fourth-order valence-electron chi connectivity index (χ4n) is 3.23. The van der Waals surface area contributed by atoms with Crippen molar-refractivity contribution < 1.29 is 13.9 Å². The Morgan fingerprint density at radius 1 is 1.00 bits per heavy atom. The van der Waals surface area contributed by atoms with Gasteiger partial charge in [0.25, 0.3) is 5.91 Å². The van der Waals surface area contributed by atoms with E-state index in [9.17, 15) is 4.79 Å². The van der Waals surface area contributed by atoms with Gasteiger partial charge < -0.3 is 14.5 Å². The molecule has 0 unspecified atom stereocenters. The summed E-state index contributed by atoms with van der Waals surface area (Å²) in [4.78, 5) is 17.3. The first-order valence-electron chi connectivity index (χ1n) is 8.98. The molecule has 4 rings (SSSR count). The van der Waals surface area contributed by atoms with Gasteiger partial charge in [-0.3, -0.25) is 4.79 Å². The molecular weight excluding hydrogens is 352 g/mol. The average molecular weight is 372 g/mol. The van der Waals surface area contributed by atoms with Crippen molar-refractivity contribution in [2.45, 2.75) is 13.8 Å². The molecule has 1 amide bonds. The lowest BCUT2D eigenvalue weighted by Gasteiger charge is -2.11. The molecule has 0 radical (unpaired) electrons. The Hall–Kier alpha value is -3.60. The number of anilines is 1. The smallest absolute Gasteiger partial charge is 0.259 e. The Morgan fingerprint density at radius 3 is 2.57 bits per heavy atom. The van der Waals surface area contributed by atoms with E-state index in [0.29, 0.717) is 34.0 Å². The van der Waals surface area contributed by atoms with E-state index in [1.807, 2.05) is 56.3 Å². The first kappa shape index (κ1) is 17.8. The third kappa shape index (κ3) is 3.22. The zero-order chi connectivity index (χ0) is 19.7. The van der Waals surface area contributed by atoms with Crippen LogP contribution in [0.5, 0.6) is 5.75 Å². The summed E-state index contributed by atoms with van der Waals surface area (Å²) in [5.41, 5.74) is 5.44. The van der Waals surface area contributed by atoms with Gasteiger partial charge >= 0.3 is 0 Å². The first-order chi connectivity index (χ1) is 13.6. The molecule has 0 aliphatic carbocycles. The van der Waals surface area contributed by atoms with Gasteiger partial charge in [-0.15, -0.1) is 0 Å². The van der Waals surface area contributed by atoms with Gasteiger partial charge in [-0.2, -0.15) is 0 Å². The van der Waals surface area contributed by atoms with E-state index < -0.39 is 0 Å². The minimum absolute atomic E-state index is 0.234. The molecule has 0 bridgehead atoms. The van der Waals surface area contributed by atoms with Crippen molar-refractivity contribution in [3.05, 3.63) is 77.4 Å². The number of ether oxygens (including phenoxy) is 1. The van der Waals surface area contributed by atoms with E-state index in [-0.39, 0.29) is 5.91 Å². The topological polar surface area (TPSA) is 64.4 Å². The monoisotopic (exact) mass is 372 g/mol. The van der Waals surface area contributed by atoms with Gasteiger partial charge in [0.15, 0.2) is 5.58 Å². The van der Waals surface area contributed by atoms with Crippen molar-refractivity contribution in [3.63, 3.8) is 0 Å². The summed E-state index contributed by atoms with van der Waals surface area (Å²) in [7, 11) is 1.56. The van der Waals surface area contributed by atoms with Gasteiger partial charge in [-0.05, 0) is 55.3 Å². The molecule has 28 heavy (non-hydrogen) atoms. The zero-order valence-electron chi connectivity index (χ0n) is 15.9. The molecule has 0 saturated heterocycles. The normalized spacial score (nSPS) is 10.8. The highest BCUT2D eigenvalue weighted by molar-refractivity contribution is 6.07. The van der Waals surface area contributed by atoms with Crippen molar-refractivity contribution in [2.75, 3.05) is 12.4 Å². The number of oxazole rings is 1. The number of methoxy groups -OCH3 is 1. The Kier molecular flexibility index (Phi) is 4.57. The van der Waals surface area contributed by atoms with Gasteiger partial charge in [0, 0.05) is 11.3 Å². The van der Waals surface area contributed by atoms with Crippen LogP contribution in [0.3, 0.4) is 0 Å². The summed E-state index contributed by atoms with van der Waals surface area (Å²) >= 11 is 0. The number of carbonyl (C=O) groups is 1. The zero-order valence-corrected chi connectivity index (χ0v) is 15.9. The Labute approximate surface area is 163 Å². The maximum absolute atomic E-state index is 12.7. The summed E-state index contributed by atoms with van der Waals surface area (Å²) in [6, 6.07) is 18.8. The fraction of sp³-hybridized carbons (Fsp3) is 0.130. The number of nitrogens with zero attached hydrogens (tertiary/aromatic N) is 1. The quantitative estimate of drug-likeness (QED) is 0.523. The van der Waals surface area contributed by atoms with Crippen LogP contribution in [0.4, 0.5) is 5.69 Å². The van der Waals surface area contributed by atoms with Crippen LogP contribution in [0.2, 0.25) is 0 Å². The Bertz CT molecular complexity index is 1180. The lowest BCUT2D eigenvalue weighted by Crippen LogP contribution is -2.13. The molecule has 5 nitrogen and oxygen atoms in total. The number of fused-ring (bicyclic) bond motifs is 1. The number of rotatable bonds is 4. The number of aryl methyl sites for hydroxylation is 2. The summed E-state index contributed by atoms with van der Waals surface area (Å²) < 4.78 is 11.3. The van der Waals surface area contributed by atoms with Crippen LogP contribution < -0.4 is 10.1 Å². The van der Waals surface area contributed by atoms with Crippen molar-refractivity contribution in [3.8, 4) is 17.2 Å². The highest BCUT2D eigenvalue weighted by Gasteiger charge is 2.15. The second kappa shape index (κ2) is 7.19.